The lowest BCUT2D eigenvalue weighted by molar-refractivity contribution is -0.128. The number of nitrogens with one attached hydrogen (secondary N) is 2. The van der Waals surface area contributed by atoms with Crippen LogP contribution in [0.4, 0.5) is 0 Å². The number of amides is 2. The van der Waals surface area contributed by atoms with Crippen LogP contribution in [0.3, 0.4) is 0 Å². The smallest absolute Gasteiger partial charge is 0.276 e. The molecule has 3 rings (SSSR count). The Morgan fingerprint density at radius 2 is 1.70 bits per heavy atom. The summed E-state index contributed by atoms with van der Waals surface area (Å²) in [5.74, 6) is 0.171. The number of ether oxygens (including phenoxy) is 1. The maximum atomic E-state index is 12.1. The van der Waals surface area contributed by atoms with Crippen molar-refractivity contribution in [3.05, 3.63) is 83.9 Å². The molecule has 1 unspecified atom stereocenters. The Hall–Kier alpha value is -3.60. The van der Waals surface area contributed by atoms with Gasteiger partial charge in [0.25, 0.3) is 11.8 Å². The van der Waals surface area contributed by atoms with Gasteiger partial charge in [0.1, 0.15) is 5.75 Å². The summed E-state index contributed by atoms with van der Waals surface area (Å²) in [6.45, 7) is 4.04. The monoisotopic (exact) mass is 402 g/mol. The van der Waals surface area contributed by atoms with Crippen molar-refractivity contribution in [1.29, 1.82) is 0 Å². The Bertz CT molecular complexity index is 1050. The van der Waals surface area contributed by atoms with Gasteiger partial charge < -0.3 is 4.74 Å². The van der Waals surface area contributed by atoms with E-state index in [0.717, 1.165) is 28.3 Å². The molecule has 0 saturated heterocycles. The first kappa shape index (κ1) is 21.1. The largest absolute Gasteiger partial charge is 0.483 e. The number of carbonyl (C=O) groups is 2. The van der Waals surface area contributed by atoms with Gasteiger partial charge in [-0.15, -0.1) is 0 Å². The summed E-state index contributed by atoms with van der Waals surface area (Å²) in [4.78, 5) is 24.1. The number of rotatable bonds is 7. The van der Waals surface area contributed by atoms with Crippen molar-refractivity contribution in [1.82, 2.24) is 10.9 Å². The molecule has 2 N–H and O–H groups in total. The molecule has 1 atom stereocenters. The van der Waals surface area contributed by atoms with Gasteiger partial charge in [0.05, 0.1) is 0 Å². The molecule has 3 aromatic carbocycles. The van der Waals surface area contributed by atoms with Gasteiger partial charge in [0.15, 0.2) is 6.61 Å². The molecule has 3 aromatic rings. The van der Waals surface area contributed by atoms with E-state index in [1.165, 1.54) is 6.08 Å². The van der Waals surface area contributed by atoms with Crippen molar-refractivity contribution in [3.63, 3.8) is 0 Å². The molecule has 0 saturated carbocycles. The first-order valence-electron chi connectivity index (χ1n) is 10.0. The highest BCUT2D eigenvalue weighted by molar-refractivity contribution is 5.97. The normalized spacial score (nSPS) is 11.9. The maximum absolute atomic E-state index is 12.1. The maximum Gasteiger partial charge on any atom is 0.276 e. The molecule has 0 aliphatic rings. The average molecular weight is 402 g/mol. The molecule has 30 heavy (non-hydrogen) atoms. The standard InChI is InChI=1S/C25H26N2O3/c1-3-18(2)21-12-6-7-14-23(21)30-17-25(29)27-26-24(28)16-15-20-11-8-10-19-9-4-5-13-22(19)20/h4-16,18H,3,17H2,1-2H3,(H,26,28)(H,27,29)/b16-15+. The van der Waals surface area contributed by atoms with Crippen LogP contribution in [0.1, 0.15) is 37.3 Å². The minimum absolute atomic E-state index is 0.180. The summed E-state index contributed by atoms with van der Waals surface area (Å²) >= 11 is 0. The van der Waals surface area contributed by atoms with Crippen molar-refractivity contribution in [3.8, 4) is 5.75 Å². The quantitative estimate of drug-likeness (QED) is 0.449. The molecule has 0 aliphatic carbocycles. The average Bonchev–Trinajstić information content (AvgIpc) is 2.79. The minimum atomic E-state index is -0.430. The zero-order valence-electron chi connectivity index (χ0n) is 17.2. The number of fused-ring (bicyclic) bond motifs is 1. The molecule has 0 aliphatic heterocycles. The van der Waals surface area contributed by atoms with Crippen LogP contribution in [0.2, 0.25) is 0 Å². The van der Waals surface area contributed by atoms with Crippen LogP contribution >= 0.6 is 0 Å². The number of hydrogen-bond acceptors (Lipinski definition) is 3. The fraction of sp³-hybridized carbons (Fsp3) is 0.200. The van der Waals surface area contributed by atoms with E-state index in [-0.39, 0.29) is 6.61 Å². The van der Waals surface area contributed by atoms with Crippen molar-refractivity contribution in [2.45, 2.75) is 26.2 Å². The Morgan fingerprint density at radius 1 is 0.967 bits per heavy atom. The summed E-state index contributed by atoms with van der Waals surface area (Å²) < 4.78 is 5.65. The highest BCUT2D eigenvalue weighted by Crippen LogP contribution is 2.28. The number of para-hydroxylation sites is 1. The predicted molar refractivity (Wildman–Crippen MR) is 120 cm³/mol. The number of benzene rings is 3. The molecule has 0 radical (unpaired) electrons. The second-order valence-corrected chi connectivity index (χ2v) is 7.07. The summed E-state index contributed by atoms with van der Waals surface area (Å²) in [6, 6.07) is 21.5. The van der Waals surface area contributed by atoms with Crippen LogP contribution in [0, 0.1) is 0 Å². The molecule has 0 spiro atoms. The lowest BCUT2D eigenvalue weighted by Gasteiger charge is -2.15. The van der Waals surface area contributed by atoms with E-state index in [4.69, 9.17) is 4.74 Å². The Labute approximate surface area is 176 Å². The molecule has 0 bridgehead atoms. The number of hydrogen-bond donors (Lipinski definition) is 2. The van der Waals surface area contributed by atoms with Crippen LogP contribution < -0.4 is 15.6 Å². The van der Waals surface area contributed by atoms with Gasteiger partial charge in [-0.3, -0.25) is 20.4 Å². The van der Waals surface area contributed by atoms with Gasteiger partial charge in [-0.2, -0.15) is 0 Å². The zero-order valence-corrected chi connectivity index (χ0v) is 17.2. The molecule has 5 heteroatoms. The lowest BCUT2D eigenvalue weighted by atomic mass is 9.98. The van der Waals surface area contributed by atoms with Crippen molar-refractivity contribution >= 4 is 28.7 Å². The predicted octanol–water partition coefficient (Wildman–Crippen LogP) is 4.59. The van der Waals surface area contributed by atoms with Gasteiger partial charge in [0.2, 0.25) is 0 Å². The number of carbonyl (C=O) groups excluding carboxylic acids is 2. The van der Waals surface area contributed by atoms with Gasteiger partial charge in [-0.05, 0) is 46.4 Å². The SMILES string of the molecule is CCC(C)c1ccccc1OCC(=O)NNC(=O)/C=C/c1cccc2ccccc12. The summed E-state index contributed by atoms with van der Waals surface area (Å²) in [5.41, 5.74) is 6.75. The fourth-order valence-corrected chi connectivity index (χ4v) is 3.15. The molecule has 0 heterocycles. The summed E-state index contributed by atoms with van der Waals surface area (Å²) in [5, 5.41) is 2.16. The van der Waals surface area contributed by atoms with E-state index in [9.17, 15) is 9.59 Å². The van der Waals surface area contributed by atoms with Crippen molar-refractivity contribution < 1.29 is 14.3 Å². The number of hydrazine groups is 1. The Kier molecular flexibility index (Phi) is 7.22. The molecule has 2 amide bonds. The van der Waals surface area contributed by atoms with E-state index < -0.39 is 11.8 Å². The molecule has 0 fully saturated rings. The molecule has 5 nitrogen and oxygen atoms in total. The van der Waals surface area contributed by atoms with Crippen LogP contribution in [0.15, 0.2) is 72.8 Å². The highest BCUT2D eigenvalue weighted by atomic mass is 16.5. The van der Waals surface area contributed by atoms with Gasteiger partial charge >= 0.3 is 0 Å². The zero-order chi connectivity index (χ0) is 21.3. The highest BCUT2D eigenvalue weighted by Gasteiger charge is 2.11. The van der Waals surface area contributed by atoms with E-state index >= 15 is 0 Å². The van der Waals surface area contributed by atoms with Gasteiger partial charge in [0, 0.05) is 6.08 Å². The summed E-state index contributed by atoms with van der Waals surface area (Å²) in [6.07, 6.45) is 4.09. The lowest BCUT2D eigenvalue weighted by Crippen LogP contribution is -2.43. The topological polar surface area (TPSA) is 67.4 Å². The van der Waals surface area contributed by atoms with Crippen LogP contribution in [-0.2, 0) is 9.59 Å². The fourth-order valence-electron chi connectivity index (χ4n) is 3.15. The van der Waals surface area contributed by atoms with E-state index in [1.54, 1.807) is 6.08 Å². The third kappa shape index (κ3) is 5.47. The second kappa shape index (κ2) is 10.3. The van der Waals surface area contributed by atoms with Gasteiger partial charge in [-0.1, -0.05) is 74.5 Å². The van der Waals surface area contributed by atoms with E-state index in [0.29, 0.717) is 11.7 Å². The Morgan fingerprint density at radius 3 is 2.53 bits per heavy atom. The third-order valence-electron chi connectivity index (χ3n) is 4.98. The first-order valence-corrected chi connectivity index (χ1v) is 10.0. The second-order valence-electron chi connectivity index (χ2n) is 7.07. The van der Waals surface area contributed by atoms with Crippen LogP contribution in [0.5, 0.6) is 5.75 Å². The van der Waals surface area contributed by atoms with Crippen molar-refractivity contribution in [2.24, 2.45) is 0 Å². The van der Waals surface area contributed by atoms with E-state index in [2.05, 4.69) is 24.7 Å². The van der Waals surface area contributed by atoms with E-state index in [1.807, 2.05) is 66.7 Å². The van der Waals surface area contributed by atoms with Crippen molar-refractivity contribution in [2.75, 3.05) is 6.61 Å². The third-order valence-corrected chi connectivity index (χ3v) is 4.98. The van der Waals surface area contributed by atoms with Crippen LogP contribution in [0.25, 0.3) is 16.8 Å². The first-order chi connectivity index (χ1) is 14.6. The molecular weight excluding hydrogens is 376 g/mol. The molecular formula is C25H26N2O3. The van der Waals surface area contributed by atoms with Gasteiger partial charge in [-0.25, -0.2) is 0 Å². The Balaban J connectivity index is 1.51. The molecule has 154 valence electrons. The van der Waals surface area contributed by atoms with Crippen LogP contribution in [-0.4, -0.2) is 18.4 Å². The summed E-state index contributed by atoms with van der Waals surface area (Å²) in [7, 11) is 0. The minimum Gasteiger partial charge on any atom is -0.483 e. The molecule has 0 aromatic heterocycles.